The van der Waals surface area contributed by atoms with Crippen LogP contribution in [0.4, 0.5) is 0 Å². The van der Waals surface area contributed by atoms with Gasteiger partial charge in [0.15, 0.2) is 0 Å². The third-order valence-electron chi connectivity index (χ3n) is 3.29. The van der Waals surface area contributed by atoms with Gasteiger partial charge in [0, 0.05) is 52.0 Å². The molecule has 0 radical (unpaired) electrons. The van der Waals surface area contributed by atoms with Crippen molar-refractivity contribution in [1.29, 1.82) is 0 Å². The first-order valence-corrected chi connectivity index (χ1v) is 6.59. The van der Waals surface area contributed by atoms with Crippen LogP contribution in [0.3, 0.4) is 0 Å². The molecule has 1 aromatic rings. The number of nitrogens with two attached hydrogens (primary N) is 1. The van der Waals surface area contributed by atoms with Crippen LogP contribution in [0.2, 0.25) is 0 Å². The van der Waals surface area contributed by atoms with E-state index >= 15 is 0 Å². The molecule has 0 atom stereocenters. The zero-order valence-corrected chi connectivity index (χ0v) is 11.2. The molecular weight excluding hydrogens is 242 g/mol. The lowest BCUT2D eigenvalue weighted by molar-refractivity contribution is 0.0645. The SMILES string of the molecule is C=CCN1CCN(C(=O)c2cn(CCN)cn2)CC1. The van der Waals surface area contributed by atoms with Crippen molar-refractivity contribution in [3.63, 3.8) is 0 Å². The Morgan fingerprint density at radius 1 is 1.42 bits per heavy atom. The van der Waals surface area contributed by atoms with Crippen molar-refractivity contribution in [2.24, 2.45) is 5.73 Å². The Morgan fingerprint density at radius 2 is 2.16 bits per heavy atom. The van der Waals surface area contributed by atoms with Crippen LogP contribution >= 0.6 is 0 Å². The van der Waals surface area contributed by atoms with E-state index in [1.54, 1.807) is 12.5 Å². The lowest BCUT2D eigenvalue weighted by Crippen LogP contribution is -2.48. The number of hydrogen-bond acceptors (Lipinski definition) is 4. The van der Waals surface area contributed by atoms with E-state index in [0.29, 0.717) is 18.8 Å². The van der Waals surface area contributed by atoms with E-state index in [0.717, 1.165) is 32.7 Å². The number of amides is 1. The van der Waals surface area contributed by atoms with Crippen molar-refractivity contribution in [2.75, 3.05) is 39.3 Å². The molecule has 2 N–H and O–H groups in total. The van der Waals surface area contributed by atoms with Gasteiger partial charge in [-0.05, 0) is 0 Å². The third kappa shape index (κ3) is 3.42. The fraction of sp³-hybridized carbons (Fsp3) is 0.538. The van der Waals surface area contributed by atoms with Gasteiger partial charge in [-0.3, -0.25) is 9.69 Å². The van der Waals surface area contributed by atoms with Crippen LogP contribution < -0.4 is 5.73 Å². The Morgan fingerprint density at radius 3 is 2.79 bits per heavy atom. The first-order chi connectivity index (χ1) is 9.24. The van der Waals surface area contributed by atoms with Crippen LogP contribution in [0.25, 0.3) is 0 Å². The molecule has 0 unspecified atom stereocenters. The summed E-state index contributed by atoms with van der Waals surface area (Å²) in [4.78, 5) is 20.6. The normalized spacial score (nSPS) is 16.6. The quantitative estimate of drug-likeness (QED) is 0.746. The molecule has 1 aliphatic heterocycles. The van der Waals surface area contributed by atoms with Crippen LogP contribution in [0.1, 0.15) is 10.5 Å². The highest BCUT2D eigenvalue weighted by Gasteiger charge is 2.22. The molecule has 19 heavy (non-hydrogen) atoms. The summed E-state index contributed by atoms with van der Waals surface area (Å²) in [5, 5.41) is 0. The first-order valence-electron chi connectivity index (χ1n) is 6.59. The van der Waals surface area contributed by atoms with E-state index in [2.05, 4.69) is 16.5 Å². The van der Waals surface area contributed by atoms with Gasteiger partial charge in [-0.25, -0.2) is 4.98 Å². The number of aromatic nitrogens is 2. The Balaban J connectivity index is 1.91. The van der Waals surface area contributed by atoms with Crippen LogP contribution in [-0.2, 0) is 6.54 Å². The van der Waals surface area contributed by atoms with Crippen molar-refractivity contribution in [2.45, 2.75) is 6.54 Å². The molecule has 0 aromatic carbocycles. The number of nitrogens with zero attached hydrogens (tertiary/aromatic N) is 4. The van der Waals surface area contributed by atoms with E-state index < -0.39 is 0 Å². The summed E-state index contributed by atoms with van der Waals surface area (Å²) >= 11 is 0. The molecule has 6 nitrogen and oxygen atoms in total. The molecular formula is C13H21N5O. The molecule has 1 fully saturated rings. The average Bonchev–Trinajstić information content (AvgIpc) is 2.88. The highest BCUT2D eigenvalue weighted by molar-refractivity contribution is 5.92. The molecule has 2 rings (SSSR count). The Labute approximate surface area is 113 Å². The zero-order valence-electron chi connectivity index (χ0n) is 11.2. The topological polar surface area (TPSA) is 67.4 Å². The van der Waals surface area contributed by atoms with Crippen LogP contribution in [-0.4, -0.2) is 64.5 Å². The summed E-state index contributed by atoms with van der Waals surface area (Å²) in [5.74, 6) is 0.00836. The summed E-state index contributed by atoms with van der Waals surface area (Å²) in [5.41, 5.74) is 5.98. The predicted octanol–water partition coefficient (Wildman–Crippen LogP) is -0.214. The number of carbonyl (C=O) groups is 1. The summed E-state index contributed by atoms with van der Waals surface area (Å²) in [7, 11) is 0. The van der Waals surface area contributed by atoms with Gasteiger partial charge in [0.2, 0.25) is 0 Å². The molecule has 104 valence electrons. The van der Waals surface area contributed by atoms with Gasteiger partial charge < -0.3 is 15.2 Å². The Kier molecular flexibility index (Phi) is 4.70. The molecule has 6 heteroatoms. The minimum absolute atomic E-state index is 0.00836. The summed E-state index contributed by atoms with van der Waals surface area (Å²) < 4.78 is 1.85. The lowest BCUT2D eigenvalue weighted by atomic mass is 10.3. The average molecular weight is 263 g/mol. The van der Waals surface area contributed by atoms with Gasteiger partial charge in [-0.15, -0.1) is 6.58 Å². The summed E-state index contributed by atoms with van der Waals surface area (Å²) in [6.07, 6.45) is 5.32. The van der Waals surface area contributed by atoms with Gasteiger partial charge in [-0.1, -0.05) is 6.08 Å². The number of carbonyl (C=O) groups excluding carboxylic acids is 1. The highest BCUT2D eigenvalue weighted by atomic mass is 16.2. The minimum Gasteiger partial charge on any atom is -0.335 e. The Bertz CT molecular complexity index is 434. The molecule has 2 heterocycles. The number of piperazine rings is 1. The zero-order chi connectivity index (χ0) is 13.7. The lowest BCUT2D eigenvalue weighted by Gasteiger charge is -2.33. The summed E-state index contributed by atoms with van der Waals surface area (Å²) in [6.45, 7) is 9.12. The third-order valence-corrected chi connectivity index (χ3v) is 3.29. The summed E-state index contributed by atoms with van der Waals surface area (Å²) in [6, 6.07) is 0. The van der Waals surface area contributed by atoms with Crippen LogP contribution in [0, 0.1) is 0 Å². The van der Waals surface area contributed by atoms with Crippen molar-refractivity contribution in [3.8, 4) is 0 Å². The van der Waals surface area contributed by atoms with Crippen molar-refractivity contribution in [1.82, 2.24) is 19.4 Å². The maximum absolute atomic E-state index is 12.3. The predicted molar refractivity (Wildman–Crippen MR) is 73.8 cm³/mol. The van der Waals surface area contributed by atoms with Crippen LogP contribution in [0.5, 0.6) is 0 Å². The van der Waals surface area contributed by atoms with Gasteiger partial charge >= 0.3 is 0 Å². The van der Waals surface area contributed by atoms with Crippen LogP contribution in [0.15, 0.2) is 25.2 Å². The van der Waals surface area contributed by atoms with E-state index in [4.69, 9.17) is 5.73 Å². The smallest absolute Gasteiger partial charge is 0.274 e. The second-order valence-corrected chi connectivity index (χ2v) is 4.67. The number of rotatable bonds is 5. The molecule has 0 saturated carbocycles. The molecule has 0 bridgehead atoms. The fourth-order valence-electron chi connectivity index (χ4n) is 2.22. The van der Waals surface area contributed by atoms with E-state index in [-0.39, 0.29) is 5.91 Å². The maximum Gasteiger partial charge on any atom is 0.274 e. The largest absolute Gasteiger partial charge is 0.335 e. The monoisotopic (exact) mass is 263 g/mol. The minimum atomic E-state index is 0.00836. The second-order valence-electron chi connectivity index (χ2n) is 4.67. The van der Waals surface area contributed by atoms with Gasteiger partial charge in [-0.2, -0.15) is 0 Å². The second kappa shape index (κ2) is 6.49. The van der Waals surface area contributed by atoms with Gasteiger partial charge in [0.1, 0.15) is 5.69 Å². The molecule has 1 aromatic heterocycles. The standard InChI is InChI=1S/C13H21N5O/c1-2-4-16-6-8-18(9-7-16)13(19)12-10-17(5-3-14)11-15-12/h2,10-11H,1,3-9,14H2. The van der Waals surface area contributed by atoms with Crippen molar-refractivity contribution < 1.29 is 4.79 Å². The Hall–Kier alpha value is -1.66. The molecule has 1 saturated heterocycles. The fourth-order valence-corrected chi connectivity index (χ4v) is 2.22. The molecule has 1 aliphatic rings. The molecule has 0 aliphatic carbocycles. The van der Waals surface area contributed by atoms with Gasteiger partial charge in [0.05, 0.1) is 6.33 Å². The maximum atomic E-state index is 12.3. The van der Waals surface area contributed by atoms with Crippen molar-refractivity contribution >= 4 is 5.91 Å². The van der Waals surface area contributed by atoms with E-state index in [1.807, 2.05) is 15.5 Å². The molecule has 0 spiro atoms. The number of hydrogen-bond donors (Lipinski definition) is 1. The highest BCUT2D eigenvalue weighted by Crippen LogP contribution is 2.07. The first kappa shape index (κ1) is 13.8. The van der Waals surface area contributed by atoms with E-state index in [1.165, 1.54) is 0 Å². The van der Waals surface area contributed by atoms with E-state index in [9.17, 15) is 4.79 Å². The van der Waals surface area contributed by atoms with Gasteiger partial charge in [0.25, 0.3) is 5.91 Å². The van der Waals surface area contributed by atoms with Crippen molar-refractivity contribution in [3.05, 3.63) is 30.9 Å². The molecule has 1 amide bonds. The number of imidazole rings is 1.